The number of rotatable bonds is 4. The van der Waals surface area contributed by atoms with Crippen LogP contribution >= 0.6 is 0 Å². The van der Waals surface area contributed by atoms with E-state index in [0.717, 1.165) is 27.5 Å². The van der Waals surface area contributed by atoms with Gasteiger partial charge in [-0.2, -0.15) is 4.57 Å². The van der Waals surface area contributed by atoms with Crippen LogP contribution in [0.2, 0.25) is 0 Å². The molecule has 120 valence electrons. The van der Waals surface area contributed by atoms with Gasteiger partial charge in [0.2, 0.25) is 12.3 Å². The van der Waals surface area contributed by atoms with Crippen molar-refractivity contribution in [3.05, 3.63) is 97.1 Å². The minimum atomic E-state index is 0.104. The van der Waals surface area contributed by atoms with E-state index in [1.807, 2.05) is 77.6 Å². The number of pyridine rings is 2. The van der Waals surface area contributed by atoms with E-state index in [4.69, 9.17) is 0 Å². The fourth-order valence-electron chi connectivity index (χ4n) is 2.92. The van der Waals surface area contributed by atoms with Crippen LogP contribution < -0.4 is 4.57 Å². The minimum absolute atomic E-state index is 0.104. The van der Waals surface area contributed by atoms with Crippen LogP contribution in [0.5, 0.6) is 0 Å². The summed E-state index contributed by atoms with van der Waals surface area (Å²) in [5.74, 6) is 0.104. The van der Waals surface area contributed by atoms with Gasteiger partial charge < -0.3 is 0 Å². The molecule has 0 unspecified atom stereocenters. The standard InChI is InChI=1S/C22H17N2O/c25-22(21-6-5-17-3-1-2-4-20(17)15-21)16-24-13-9-19(10-14-24)18-7-11-23-12-8-18/h1-15H,16H2/q+1. The normalized spacial score (nSPS) is 10.7. The second-order valence-electron chi connectivity index (χ2n) is 5.98. The molecule has 25 heavy (non-hydrogen) atoms. The van der Waals surface area contributed by atoms with Crippen LogP contribution in [0.15, 0.2) is 91.5 Å². The van der Waals surface area contributed by atoms with Crippen molar-refractivity contribution in [1.29, 1.82) is 0 Å². The molecule has 0 spiro atoms. The molecule has 2 aromatic carbocycles. The Labute approximate surface area is 146 Å². The topological polar surface area (TPSA) is 33.8 Å². The Morgan fingerprint density at radius 2 is 1.48 bits per heavy atom. The molecule has 0 amide bonds. The summed E-state index contributed by atoms with van der Waals surface area (Å²) in [7, 11) is 0. The predicted molar refractivity (Wildman–Crippen MR) is 98.1 cm³/mol. The van der Waals surface area contributed by atoms with E-state index in [9.17, 15) is 4.79 Å². The number of hydrogen-bond donors (Lipinski definition) is 0. The zero-order chi connectivity index (χ0) is 17.1. The number of fused-ring (bicyclic) bond motifs is 1. The van der Waals surface area contributed by atoms with E-state index in [0.29, 0.717) is 6.54 Å². The average Bonchev–Trinajstić information content (AvgIpc) is 2.69. The van der Waals surface area contributed by atoms with Gasteiger partial charge in [-0.15, -0.1) is 0 Å². The van der Waals surface area contributed by atoms with Crippen molar-refractivity contribution in [3.63, 3.8) is 0 Å². The largest absolute Gasteiger partial charge is 0.287 e. The lowest BCUT2D eigenvalue weighted by Crippen LogP contribution is -2.37. The lowest BCUT2D eigenvalue weighted by molar-refractivity contribution is -0.683. The van der Waals surface area contributed by atoms with E-state index in [1.54, 1.807) is 12.4 Å². The van der Waals surface area contributed by atoms with Crippen molar-refractivity contribution in [3.8, 4) is 11.1 Å². The molecule has 0 aliphatic heterocycles. The summed E-state index contributed by atoms with van der Waals surface area (Å²) in [4.78, 5) is 16.6. The van der Waals surface area contributed by atoms with Crippen LogP contribution in [0.1, 0.15) is 10.4 Å². The van der Waals surface area contributed by atoms with Gasteiger partial charge in [0.25, 0.3) is 0 Å². The molecule has 0 atom stereocenters. The fraction of sp³-hybridized carbons (Fsp3) is 0.0455. The molecule has 0 aliphatic rings. The highest BCUT2D eigenvalue weighted by Crippen LogP contribution is 2.17. The van der Waals surface area contributed by atoms with Crippen LogP contribution in [-0.2, 0) is 6.54 Å². The first-order valence-corrected chi connectivity index (χ1v) is 8.21. The summed E-state index contributed by atoms with van der Waals surface area (Å²) >= 11 is 0. The van der Waals surface area contributed by atoms with Gasteiger partial charge in [-0.25, -0.2) is 0 Å². The zero-order valence-electron chi connectivity index (χ0n) is 13.7. The number of carbonyl (C=O) groups is 1. The molecule has 4 aromatic rings. The Morgan fingerprint density at radius 1 is 0.800 bits per heavy atom. The van der Waals surface area contributed by atoms with Gasteiger partial charge in [-0.05, 0) is 40.1 Å². The predicted octanol–water partition coefficient (Wildman–Crippen LogP) is 4.07. The van der Waals surface area contributed by atoms with Crippen LogP contribution in [0, 0.1) is 0 Å². The summed E-state index contributed by atoms with van der Waals surface area (Å²) in [6, 6.07) is 21.9. The lowest BCUT2D eigenvalue weighted by Gasteiger charge is -2.03. The molecule has 0 bridgehead atoms. The first-order chi connectivity index (χ1) is 12.3. The van der Waals surface area contributed by atoms with E-state index in [2.05, 4.69) is 11.1 Å². The number of ketones is 1. The first-order valence-electron chi connectivity index (χ1n) is 8.21. The van der Waals surface area contributed by atoms with Crippen LogP contribution in [0.3, 0.4) is 0 Å². The second-order valence-corrected chi connectivity index (χ2v) is 5.98. The molecule has 0 radical (unpaired) electrons. The van der Waals surface area contributed by atoms with Crippen molar-refractivity contribution in [2.75, 3.05) is 0 Å². The molecular weight excluding hydrogens is 308 g/mol. The number of Topliss-reactive ketones (excluding diaryl/α,β-unsaturated/α-hetero) is 1. The van der Waals surface area contributed by atoms with E-state index in [1.165, 1.54) is 0 Å². The van der Waals surface area contributed by atoms with Gasteiger partial charge in [0.1, 0.15) is 0 Å². The Bertz CT molecular complexity index is 1020. The third kappa shape index (κ3) is 3.31. The fourth-order valence-corrected chi connectivity index (χ4v) is 2.92. The highest BCUT2D eigenvalue weighted by atomic mass is 16.1. The summed E-state index contributed by atoms with van der Waals surface area (Å²) in [6.07, 6.45) is 7.43. The van der Waals surface area contributed by atoms with Crippen LogP contribution in [0.4, 0.5) is 0 Å². The monoisotopic (exact) mass is 325 g/mol. The number of carbonyl (C=O) groups excluding carboxylic acids is 1. The third-order valence-electron chi connectivity index (χ3n) is 4.30. The summed E-state index contributed by atoms with van der Waals surface area (Å²) in [6.45, 7) is 0.328. The van der Waals surface area contributed by atoms with Crippen molar-refractivity contribution >= 4 is 16.6 Å². The van der Waals surface area contributed by atoms with Gasteiger partial charge >= 0.3 is 0 Å². The molecule has 0 aliphatic carbocycles. The Morgan fingerprint density at radius 3 is 2.24 bits per heavy atom. The van der Waals surface area contributed by atoms with Gasteiger partial charge in [0.05, 0.1) is 0 Å². The molecule has 0 N–H and O–H groups in total. The molecule has 0 fully saturated rings. The highest BCUT2D eigenvalue weighted by Gasteiger charge is 2.12. The quantitative estimate of drug-likeness (QED) is 0.419. The van der Waals surface area contributed by atoms with E-state index >= 15 is 0 Å². The van der Waals surface area contributed by atoms with E-state index in [-0.39, 0.29) is 5.78 Å². The maximum Gasteiger partial charge on any atom is 0.227 e. The third-order valence-corrected chi connectivity index (χ3v) is 4.30. The summed E-state index contributed by atoms with van der Waals surface area (Å²) in [5.41, 5.74) is 2.96. The Hall–Kier alpha value is -3.33. The second kappa shape index (κ2) is 6.65. The number of aromatic nitrogens is 2. The molecule has 3 nitrogen and oxygen atoms in total. The Balaban J connectivity index is 1.53. The molecule has 2 aromatic heterocycles. The van der Waals surface area contributed by atoms with Crippen molar-refractivity contribution < 1.29 is 9.36 Å². The van der Waals surface area contributed by atoms with E-state index < -0.39 is 0 Å². The molecule has 3 heteroatoms. The molecular formula is C22H17N2O+. The minimum Gasteiger partial charge on any atom is -0.287 e. The number of hydrogen-bond acceptors (Lipinski definition) is 2. The SMILES string of the molecule is O=C(C[n+]1ccc(-c2ccncc2)cc1)c1ccc2ccccc2c1. The first kappa shape index (κ1) is 15.2. The van der Waals surface area contributed by atoms with Crippen LogP contribution in [0.25, 0.3) is 21.9 Å². The molecule has 4 rings (SSSR count). The molecule has 2 heterocycles. The average molecular weight is 325 g/mol. The smallest absolute Gasteiger partial charge is 0.227 e. The zero-order valence-corrected chi connectivity index (χ0v) is 13.7. The molecule has 0 saturated heterocycles. The van der Waals surface area contributed by atoms with Crippen LogP contribution in [-0.4, -0.2) is 10.8 Å². The number of nitrogens with zero attached hydrogens (tertiary/aromatic N) is 2. The van der Waals surface area contributed by atoms with Gasteiger partial charge in [-0.1, -0.05) is 36.4 Å². The maximum atomic E-state index is 12.6. The maximum absolute atomic E-state index is 12.6. The summed E-state index contributed by atoms with van der Waals surface area (Å²) in [5, 5.41) is 2.24. The van der Waals surface area contributed by atoms with Gasteiger partial charge in [0, 0.05) is 30.1 Å². The van der Waals surface area contributed by atoms with Gasteiger partial charge in [-0.3, -0.25) is 9.78 Å². The number of benzene rings is 2. The van der Waals surface area contributed by atoms with Crippen molar-refractivity contribution in [2.24, 2.45) is 0 Å². The van der Waals surface area contributed by atoms with Gasteiger partial charge in [0.15, 0.2) is 12.4 Å². The Kier molecular flexibility index (Phi) is 4.05. The molecule has 0 saturated carbocycles. The van der Waals surface area contributed by atoms with Crippen molar-refractivity contribution in [2.45, 2.75) is 6.54 Å². The lowest BCUT2D eigenvalue weighted by atomic mass is 10.0. The highest BCUT2D eigenvalue weighted by molar-refractivity contribution is 5.99. The summed E-state index contributed by atoms with van der Waals surface area (Å²) < 4.78 is 1.90. The van der Waals surface area contributed by atoms with Crippen molar-refractivity contribution in [1.82, 2.24) is 4.98 Å².